The highest BCUT2D eigenvalue weighted by molar-refractivity contribution is 6.37. The molecule has 6 N–H and O–H groups in total. The van der Waals surface area contributed by atoms with Crippen molar-refractivity contribution in [1.82, 2.24) is 10.9 Å². The number of hydrazone groups is 2. The molecule has 4 amide bonds. The maximum Gasteiger partial charge on any atom is 0.332 e. The molecule has 0 aliphatic carbocycles. The predicted molar refractivity (Wildman–Crippen MR) is 77.5 cm³/mol. The number of nitrogens with zero attached hydrogens (tertiary/aromatic N) is 2. The lowest BCUT2D eigenvalue weighted by atomic mass is 10.1. The Balaban J connectivity index is 2.70. The number of Topliss-reactive ketones (excluding diaryl/α,β-unsaturated/α-hetero) is 2. The molecule has 0 saturated heterocycles. The van der Waals surface area contributed by atoms with Crippen molar-refractivity contribution in [1.29, 1.82) is 0 Å². The number of urea groups is 2. The van der Waals surface area contributed by atoms with Gasteiger partial charge >= 0.3 is 12.1 Å². The minimum Gasteiger partial charge on any atom is -0.350 e. The van der Waals surface area contributed by atoms with E-state index in [-0.39, 0.29) is 11.1 Å². The van der Waals surface area contributed by atoms with Crippen LogP contribution in [0.4, 0.5) is 9.59 Å². The van der Waals surface area contributed by atoms with Crippen molar-refractivity contribution in [2.45, 2.75) is 0 Å². The Morgan fingerprint density at radius 3 is 1.36 bits per heavy atom. The summed E-state index contributed by atoms with van der Waals surface area (Å²) in [7, 11) is 0. The van der Waals surface area contributed by atoms with Gasteiger partial charge in [-0.05, 0) is 0 Å². The first-order chi connectivity index (χ1) is 10.4. The van der Waals surface area contributed by atoms with E-state index in [1.165, 1.54) is 24.3 Å². The van der Waals surface area contributed by atoms with Crippen molar-refractivity contribution < 1.29 is 19.2 Å². The molecule has 10 nitrogen and oxygen atoms in total. The number of hydrogen-bond acceptors (Lipinski definition) is 6. The second-order valence-corrected chi connectivity index (χ2v) is 3.77. The standard InChI is InChI=1S/C12H12N6O4/c13-11(21)17-15-5-9(19)7-1-2-8(4-3-7)10(20)6-16-18-12(14)22/h1-6H,(H3,13,17,21)(H3,14,18,22)/b15-5-,16-6?. The highest BCUT2D eigenvalue weighted by atomic mass is 16.2. The van der Waals surface area contributed by atoms with E-state index in [4.69, 9.17) is 11.5 Å². The van der Waals surface area contributed by atoms with Gasteiger partial charge in [-0.1, -0.05) is 24.3 Å². The molecule has 0 fully saturated rings. The molecule has 1 rings (SSSR count). The number of ketones is 2. The Morgan fingerprint density at radius 1 is 0.773 bits per heavy atom. The van der Waals surface area contributed by atoms with Gasteiger partial charge in [0, 0.05) is 11.1 Å². The molecule has 1 aromatic rings. The maximum atomic E-state index is 11.6. The van der Waals surface area contributed by atoms with Gasteiger partial charge in [0.05, 0.1) is 12.4 Å². The zero-order valence-corrected chi connectivity index (χ0v) is 11.1. The molecule has 22 heavy (non-hydrogen) atoms. The van der Waals surface area contributed by atoms with E-state index < -0.39 is 23.6 Å². The number of hydrogen-bond donors (Lipinski definition) is 4. The molecular weight excluding hydrogens is 292 g/mol. The normalized spacial score (nSPS) is 10.5. The first-order valence-electron chi connectivity index (χ1n) is 5.76. The van der Waals surface area contributed by atoms with Gasteiger partial charge in [-0.25, -0.2) is 20.4 Å². The fourth-order valence-electron chi connectivity index (χ4n) is 1.26. The SMILES string of the molecule is NC(=O)NN=CC(=O)c1ccc(C(=O)/C=N\NC(N)=O)cc1. The van der Waals surface area contributed by atoms with Crippen LogP contribution in [0, 0.1) is 0 Å². The van der Waals surface area contributed by atoms with Gasteiger partial charge in [-0.3, -0.25) is 9.59 Å². The lowest BCUT2D eigenvalue weighted by molar-refractivity contribution is 0.105. The summed E-state index contributed by atoms with van der Waals surface area (Å²) in [4.78, 5) is 44.0. The molecule has 0 bridgehead atoms. The minimum absolute atomic E-state index is 0.249. The van der Waals surface area contributed by atoms with E-state index in [0.717, 1.165) is 12.4 Å². The van der Waals surface area contributed by atoms with Gasteiger partial charge < -0.3 is 11.5 Å². The second-order valence-electron chi connectivity index (χ2n) is 3.77. The van der Waals surface area contributed by atoms with Crippen LogP contribution < -0.4 is 22.3 Å². The molecule has 1 aromatic carbocycles. The third-order valence-corrected chi connectivity index (χ3v) is 2.17. The average Bonchev–Trinajstić information content (AvgIpc) is 2.46. The zero-order valence-electron chi connectivity index (χ0n) is 11.1. The lowest BCUT2D eigenvalue weighted by Gasteiger charge is -1.98. The number of nitrogens with two attached hydrogens (primary N) is 2. The molecular formula is C12H12N6O4. The summed E-state index contributed by atoms with van der Waals surface area (Å²) >= 11 is 0. The van der Waals surface area contributed by atoms with Crippen LogP contribution in [0.1, 0.15) is 20.7 Å². The van der Waals surface area contributed by atoms with Gasteiger partial charge in [0.15, 0.2) is 0 Å². The Morgan fingerprint density at radius 2 is 1.09 bits per heavy atom. The van der Waals surface area contributed by atoms with Crippen LogP contribution >= 0.6 is 0 Å². The number of benzene rings is 1. The van der Waals surface area contributed by atoms with Gasteiger partial charge in [0.25, 0.3) is 0 Å². The number of amides is 4. The zero-order chi connectivity index (χ0) is 16.5. The summed E-state index contributed by atoms with van der Waals surface area (Å²) in [6, 6.07) is 3.77. The number of nitrogens with one attached hydrogen (secondary N) is 2. The van der Waals surface area contributed by atoms with Crippen molar-refractivity contribution in [3.63, 3.8) is 0 Å². The molecule has 0 heterocycles. The molecule has 0 radical (unpaired) electrons. The van der Waals surface area contributed by atoms with Gasteiger partial charge in [0.2, 0.25) is 11.6 Å². The predicted octanol–water partition coefficient (Wildman–Crippen LogP) is -0.640. The molecule has 0 unspecified atom stereocenters. The van der Waals surface area contributed by atoms with Gasteiger partial charge in [0.1, 0.15) is 0 Å². The van der Waals surface area contributed by atoms with Crippen molar-refractivity contribution in [3.05, 3.63) is 35.4 Å². The number of carbonyl (C=O) groups is 4. The van der Waals surface area contributed by atoms with E-state index in [9.17, 15) is 19.2 Å². The quantitative estimate of drug-likeness (QED) is 0.311. The number of carbonyl (C=O) groups excluding carboxylic acids is 4. The Labute approximate surface area is 124 Å². The fourth-order valence-corrected chi connectivity index (χ4v) is 1.26. The summed E-state index contributed by atoms with van der Waals surface area (Å²) in [5.74, 6) is -0.978. The number of primary amides is 2. The molecule has 10 heteroatoms. The molecule has 114 valence electrons. The van der Waals surface area contributed by atoms with Crippen LogP contribution in [0.25, 0.3) is 0 Å². The first-order valence-corrected chi connectivity index (χ1v) is 5.76. The van der Waals surface area contributed by atoms with Gasteiger partial charge in [-0.15, -0.1) is 0 Å². The first kappa shape index (κ1) is 16.5. The number of rotatable bonds is 6. The van der Waals surface area contributed by atoms with E-state index in [1.807, 2.05) is 10.9 Å². The van der Waals surface area contributed by atoms with Crippen molar-refractivity contribution in [3.8, 4) is 0 Å². The molecule has 0 saturated carbocycles. The molecule has 0 aromatic heterocycles. The highest BCUT2D eigenvalue weighted by Crippen LogP contribution is 2.05. The van der Waals surface area contributed by atoms with Crippen molar-refractivity contribution in [2.75, 3.05) is 0 Å². The van der Waals surface area contributed by atoms with Crippen molar-refractivity contribution in [2.24, 2.45) is 21.7 Å². The third kappa shape index (κ3) is 5.61. The topological polar surface area (TPSA) is 169 Å². The average molecular weight is 304 g/mol. The Bertz CT molecular complexity index is 593. The lowest BCUT2D eigenvalue weighted by Crippen LogP contribution is -2.25. The van der Waals surface area contributed by atoms with Crippen molar-refractivity contribution >= 4 is 36.1 Å². The monoisotopic (exact) mass is 304 g/mol. The van der Waals surface area contributed by atoms with E-state index in [1.54, 1.807) is 0 Å². The molecule has 0 aliphatic heterocycles. The summed E-state index contributed by atoms with van der Waals surface area (Å²) in [5.41, 5.74) is 13.8. The largest absolute Gasteiger partial charge is 0.350 e. The summed E-state index contributed by atoms with van der Waals surface area (Å²) < 4.78 is 0. The Kier molecular flexibility index (Phi) is 5.92. The maximum absolute atomic E-state index is 11.6. The van der Waals surface area contributed by atoms with Crippen LogP contribution in [0.5, 0.6) is 0 Å². The summed E-state index contributed by atoms with van der Waals surface area (Å²) in [6.45, 7) is 0. The van der Waals surface area contributed by atoms with E-state index in [0.29, 0.717) is 0 Å². The highest BCUT2D eigenvalue weighted by Gasteiger charge is 2.06. The third-order valence-electron chi connectivity index (χ3n) is 2.17. The van der Waals surface area contributed by atoms with Crippen LogP contribution in [0.15, 0.2) is 34.5 Å². The summed E-state index contributed by atoms with van der Waals surface area (Å²) in [6.07, 6.45) is 1.75. The van der Waals surface area contributed by atoms with Crippen LogP contribution in [-0.4, -0.2) is 36.1 Å². The summed E-state index contributed by atoms with van der Waals surface area (Å²) in [5, 5.41) is 6.64. The Hall–Kier alpha value is -3.56. The molecule has 0 aliphatic rings. The fraction of sp³-hybridized carbons (Fsp3) is 0. The molecule has 0 atom stereocenters. The van der Waals surface area contributed by atoms with Crippen LogP contribution in [-0.2, 0) is 0 Å². The van der Waals surface area contributed by atoms with E-state index in [2.05, 4.69) is 10.2 Å². The second kappa shape index (κ2) is 7.89. The minimum atomic E-state index is -0.895. The van der Waals surface area contributed by atoms with E-state index >= 15 is 0 Å². The van der Waals surface area contributed by atoms with Crippen LogP contribution in [0.3, 0.4) is 0 Å². The smallest absolute Gasteiger partial charge is 0.332 e. The molecule has 0 spiro atoms. The van der Waals surface area contributed by atoms with Gasteiger partial charge in [-0.2, -0.15) is 10.2 Å². The van der Waals surface area contributed by atoms with Crippen LogP contribution in [0.2, 0.25) is 0 Å².